The van der Waals surface area contributed by atoms with Crippen LogP contribution in [0.1, 0.15) is 15.9 Å². The number of methoxy groups -OCH3 is 3. The molecule has 0 atom stereocenters. The summed E-state index contributed by atoms with van der Waals surface area (Å²) >= 11 is 0. The molecule has 0 aliphatic heterocycles. The Morgan fingerprint density at radius 2 is 1.64 bits per heavy atom. The Kier molecular flexibility index (Phi) is 7.05. The van der Waals surface area contributed by atoms with Gasteiger partial charge in [0.15, 0.2) is 18.1 Å². The van der Waals surface area contributed by atoms with E-state index in [0.29, 0.717) is 11.3 Å². The van der Waals surface area contributed by atoms with Gasteiger partial charge in [-0.15, -0.1) is 0 Å². The molecule has 0 heterocycles. The van der Waals surface area contributed by atoms with Gasteiger partial charge in [0, 0.05) is 0 Å². The second-order valence-corrected chi connectivity index (χ2v) is 5.28. The number of nitrogens with zero attached hydrogens (tertiary/aromatic N) is 1. The number of hydrazine groups is 1. The van der Waals surface area contributed by atoms with E-state index < -0.39 is 11.8 Å². The van der Waals surface area contributed by atoms with Crippen LogP contribution < -0.4 is 29.8 Å². The van der Waals surface area contributed by atoms with Crippen LogP contribution in [0.25, 0.3) is 0 Å². The smallest absolute Gasteiger partial charge is 0.276 e. The largest absolute Gasteiger partial charge is 0.493 e. The second kappa shape index (κ2) is 9.68. The first kappa shape index (κ1) is 20.4. The molecule has 28 heavy (non-hydrogen) atoms. The molecule has 2 amide bonds. The number of nitrogens with one attached hydrogen (secondary N) is 2. The summed E-state index contributed by atoms with van der Waals surface area (Å²) < 4.78 is 20.9. The van der Waals surface area contributed by atoms with Gasteiger partial charge in [0.05, 0.1) is 32.5 Å². The number of hydrogen-bond donors (Lipinski definition) is 2. The third-order valence-corrected chi connectivity index (χ3v) is 3.63. The summed E-state index contributed by atoms with van der Waals surface area (Å²) in [5, 5.41) is 9.00. The van der Waals surface area contributed by atoms with Crippen LogP contribution in [-0.4, -0.2) is 39.8 Å². The van der Waals surface area contributed by atoms with Gasteiger partial charge in [-0.25, -0.2) is 0 Å². The minimum atomic E-state index is -0.622. The number of benzene rings is 2. The first-order chi connectivity index (χ1) is 13.5. The lowest BCUT2D eigenvalue weighted by Crippen LogP contribution is -2.44. The van der Waals surface area contributed by atoms with Gasteiger partial charge in [0.25, 0.3) is 11.8 Å². The van der Waals surface area contributed by atoms with Gasteiger partial charge in [-0.05, 0) is 24.3 Å². The van der Waals surface area contributed by atoms with E-state index in [4.69, 9.17) is 24.2 Å². The van der Waals surface area contributed by atoms with Crippen molar-refractivity contribution >= 4 is 11.8 Å². The van der Waals surface area contributed by atoms with Gasteiger partial charge in [-0.1, -0.05) is 12.1 Å². The quantitative estimate of drug-likeness (QED) is 0.692. The zero-order valence-electron chi connectivity index (χ0n) is 15.6. The van der Waals surface area contributed by atoms with Crippen LogP contribution >= 0.6 is 0 Å². The van der Waals surface area contributed by atoms with E-state index in [1.807, 2.05) is 6.07 Å². The number of para-hydroxylation sites is 1. The van der Waals surface area contributed by atoms with Gasteiger partial charge < -0.3 is 18.9 Å². The third kappa shape index (κ3) is 4.62. The molecule has 0 fully saturated rings. The van der Waals surface area contributed by atoms with Crippen molar-refractivity contribution in [3.8, 4) is 29.1 Å². The Bertz CT molecular complexity index is 907. The number of carbonyl (C=O) groups is 2. The predicted molar refractivity (Wildman–Crippen MR) is 98.4 cm³/mol. The number of ether oxygens (including phenoxy) is 4. The summed E-state index contributed by atoms with van der Waals surface area (Å²) in [6.45, 7) is -0.387. The van der Waals surface area contributed by atoms with Crippen molar-refractivity contribution in [2.75, 3.05) is 27.9 Å². The minimum absolute atomic E-state index is 0.135. The van der Waals surface area contributed by atoms with Crippen molar-refractivity contribution in [3.05, 3.63) is 47.5 Å². The normalized spacial score (nSPS) is 9.64. The van der Waals surface area contributed by atoms with E-state index in [9.17, 15) is 9.59 Å². The second-order valence-electron chi connectivity index (χ2n) is 5.28. The summed E-state index contributed by atoms with van der Waals surface area (Å²) in [5.41, 5.74) is 4.94. The summed E-state index contributed by atoms with van der Waals surface area (Å²) in [6.07, 6.45) is 0. The molecule has 2 aromatic carbocycles. The molecule has 2 aromatic rings. The van der Waals surface area contributed by atoms with Gasteiger partial charge in [-0.3, -0.25) is 20.4 Å². The van der Waals surface area contributed by atoms with Crippen molar-refractivity contribution < 1.29 is 28.5 Å². The molecule has 0 radical (unpaired) electrons. The molecule has 0 saturated heterocycles. The van der Waals surface area contributed by atoms with E-state index in [-0.39, 0.29) is 29.4 Å². The highest BCUT2D eigenvalue weighted by atomic mass is 16.5. The zero-order valence-corrected chi connectivity index (χ0v) is 15.6. The van der Waals surface area contributed by atoms with Crippen LogP contribution in [0, 0.1) is 11.3 Å². The summed E-state index contributed by atoms with van der Waals surface area (Å²) in [7, 11) is 4.26. The first-order valence-corrected chi connectivity index (χ1v) is 8.05. The third-order valence-electron chi connectivity index (χ3n) is 3.63. The highest BCUT2D eigenvalue weighted by Crippen LogP contribution is 2.39. The van der Waals surface area contributed by atoms with Crippen molar-refractivity contribution in [3.63, 3.8) is 0 Å². The molecule has 0 unspecified atom stereocenters. The Morgan fingerprint density at radius 1 is 0.929 bits per heavy atom. The Balaban J connectivity index is 2.00. The molecule has 9 nitrogen and oxygen atoms in total. The topological polar surface area (TPSA) is 119 Å². The van der Waals surface area contributed by atoms with Crippen LogP contribution in [0.4, 0.5) is 0 Å². The van der Waals surface area contributed by atoms with E-state index in [1.165, 1.54) is 27.4 Å². The maximum atomic E-state index is 12.4. The number of hydrogen-bond acceptors (Lipinski definition) is 7. The lowest BCUT2D eigenvalue weighted by atomic mass is 10.1. The molecule has 0 bridgehead atoms. The highest BCUT2D eigenvalue weighted by Gasteiger charge is 2.21. The molecule has 2 N–H and O–H groups in total. The molecule has 0 aliphatic carbocycles. The fraction of sp³-hybridized carbons (Fsp3) is 0.211. The first-order valence-electron chi connectivity index (χ1n) is 8.05. The fourth-order valence-electron chi connectivity index (χ4n) is 2.34. The lowest BCUT2D eigenvalue weighted by molar-refractivity contribution is -0.123. The van der Waals surface area contributed by atoms with Gasteiger partial charge in [0.2, 0.25) is 5.75 Å². The average molecular weight is 385 g/mol. The zero-order chi connectivity index (χ0) is 20.5. The molecule has 2 rings (SSSR count). The Hall–Kier alpha value is -3.93. The molecule has 0 aromatic heterocycles. The van der Waals surface area contributed by atoms with E-state index >= 15 is 0 Å². The number of amides is 2. The van der Waals surface area contributed by atoms with Crippen LogP contribution in [0.5, 0.6) is 23.0 Å². The van der Waals surface area contributed by atoms with Crippen molar-refractivity contribution in [2.45, 2.75) is 0 Å². The maximum Gasteiger partial charge on any atom is 0.276 e. The molecule has 146 valence electrons. The highest BCUT2D eigenvalue weighted by molar-refractivity contribution is 5.99. The molecular formula is C19H19N3O6. The van der Waals surface area contributed by atoms with E-state index in [0.717, 1.165) is 0 Å². The molecule has 0 saturated carbocycles. The molecular weight excluding hydrogens is 366 g/mol. The van der Waals surface area contributed by atoms with Gasteiger partial charge >= 0.3 is 0 Å². The monoisotopic (exact) mass is 385 g/mol. The van der Waals surface area contributed by atoms with Gasteiger partial charge in [-0.2, -0.15) is 5.26 Å². The standard InChI is InChI=1S/C19H19N3O6/c1-25-15-9-8-13(17(26-2)18(15)27-3)19(24)22-21-16(23)11-28-14-7-5-4-6-12(14)10-20/h4-9H,11H2,1-3H3,(H,21,23)(H,22,24). The molecule has 0 aliphatic rings. The SMILES string of the molecule is COc1ccc(C(=O)NNC(=O)COc2ccccc2C#N)c(OC)c1OC. The summed E-state index contributed by atoms with van der Waals surface area (Å²) in [4.78, 5) is 24.3. The molecule has 9 heteroatoms. The summed E-state index contributed by atoms with van der Waals surface area (Å²) in [6, 6.07) is 11.5. The molecule has 0 spiro atoms. The number of rotatable bonds is 7. The van der Waals surface area contributed by atoms with Crippen LogP contribution in [0.15, 0.2) is 36.4 Å². The fourth-order valence-corrected chi connectivity index (χ4v) is 2.34. The average Bonchev–Trinajstić information content (AvgIpc) is 2.74. The van der Waals surface area contributed by atoms with Gasteiger partial charge in [0.1, 0.15) is 11.8 Å². The van der Waals surface area contributed by atoms with Crippen molar-refractivity contribution in [1.82, 2.24) is 10.9 Å². The maximum absolute atomic E-state index is 12.4. The number of carbonyl (C=O) groups excluding carboxylic acids is 2. The summed E-state index contributed by atoms with van der Waals surface area (Å²) in [5.74, 6) is -0.158. The lowest BCUT2D eigenvalue weighted by Gasteiger charge is -2.15. The predicted octanol–water partition coefficient (Wildman–Crippen LogP) is 1.42. The van der Waals surface area contributed by atoms with Crippen molar-refractivity contribution in [1.29, 1.82) is 5.26 Å². The Morgan fingerprint density at radius 3 is 2.29 bits per heavy atom. The Labute approximate surface area is 161 Å². The van der Waals surface area contributed by atoms with Crippen LogP contribution in [0.2, 0.25) is 0 Å². The van der Waals surface area contributed by atoms with Crippen LogP contribution in [0.3, 0.4) is 0 Å². The van der Waals surface area contributed by atoms with E-state index in [2.05, 4.69) is 10.9 Å². The van der Waals surface area contributed by atoms with E-state index in [1.54, 1.807) is 30.3 Å². The number of nitriles is 1. The minimum Gasteiger partial charge on any atom is -0.493 e. The van der Waals surface area contributed by atoms with Crippen LogP contribution in [-0.2, 0) is 4.79 Å². The van der Waals surface area contributed by atoms with Crippen molar-refractivity contribution in [2.24, 2.45) is 0 Å².